The predicted octanol–water partition coefficient (Wildman–Crippen LogP) is 0.783. The predicted molar refractivity (Wildman–Crippen MR) is 61.3 cm³/mol. The van der Waals surface area contributed by atoms with Crippen LogP contribution in [0.2, 0.25) is 0 Å². The van der Waals surface area contributed by atoms with Gasteiger partial charge in [0.15, 0.2) is 0 Å². The van der Waals surface area contributed by atoms with Crippen molar-refractivity contribution in [3.05, 3.63) is 11.6 Å². The van der Waals surface area contributed by atoms with Crippen LogP contribution in [0.15, 0.2) is 0 Å². The van der Waals surface area contributed by atoms with Crippen LogP contribution in [0.1, 0.15) is 38.5 Å². The number of aryl methyl sites for hydroxylation is 1. The van der Waals surface area contributed by atoms with Crippen molar-refractivity contribution in [3.63, 3.8) is 0 Å². The van der Waals surface area contributed by atoms with Crippen LogP contribution < -0.4 is 5.73 Å². The SMILES string of the molecule is Cc1nnc(C2(C)COCC2N)n1C(C)C. The summed E-state index contributed by atoms with van der Waals surface area (Å²) < 4.78 is 7.61. The fourth-order valence-electron chi connectivity index (χ4n) is 2.30. The van der Waals surface area contributed by atoms with Gasteiger partial charge in [-0.05, 0) is 27.7 Å². The van der Waals surface area contributed by atoms with Gasteiger partial charge in [0.2, 0.25) is 0 Å². The van der Waals surface area contributed by atoms with E-state index >= 15 is 0 Å². The van der Waals surface area contributed by atoms with Gasteiger partial charge in [-0.15, -0.1) is 10.2 Å². The molecule has 0 aliphatic carbocycles. The number of hydrogen-bond donors (Lipinski definition) is 1. The fraction of sp³-hybridized carbons (Fsp3) is 0.818. The summed E-state index contributed by atoms with van der Waals surface area (Å²) in [5, 5.41) is 8.46. The van der Waals surface area contributed by atoms with Gasteiger partial charge in [-0.2, -0.15) is 0 Å². The molecule has 1 aliphatic rings. The molecule has 1 fully saturated rings. The Hall–Kier alpha value is -0.940. The van der Waals surface area contributed by atoms with Crippen LogP contribution in [0.5, 0.6) is 0 Å². The van der Waals surface area contributed by atoms with Crippen molar-refractivity contribution in [1.29, 1.82) is 0 Å². The average Bonchev–Trinajstić information content (AvgIpc) is 2.73. The molecule has 1 saturated heterocycles. The first-order chi connectivity index (χ1) is 7.47. The fourth-order valence-corrected chi connectivity index (χ4v) is 2.30. The lowest BCUT2D eigenvalue weighted by Crippen LogP contribution is -2.44. The molecule has 2 unspecified atom stereocenters. The molecule has 2 rings (SSSR count). The molecular weight excluding hydrogens is 204 g/mol. The first kappa shape index (κ1) is 11.5. The zero-order chi connectivity index (χ0) is 11.9. The summed E-state index contributed by atoms with van der Waals surface area (Å²) >= 11 is 0. The summed E-state index contributed by atoms with van der Waals surface area (Å²) in [7, 11) is 0. The molecular formula is C11H20N4O. The molecule has 0 bridgehead atoms. The Balaban J connectivity index is 2.47. The van der Waals surface area contributed by atoms with E-state index in [9.17, 15) is 0 Å². The first-order valence-electron chi connectivity index (χ1n) is 5.72. The standard InChI is InChI=1S/C11H20N4O/c1-7(2)15-8(3)13-14-10(15)11(4)6-16-5-9(11)12/h7,9H,5-6,12H2,1-4H3. The summed E-state index contributed by atoms with van der Waals surface area (Å²) in [5.41, 5.74) is 5.90. The quantitative estimate of drug-likeness (QED) is 0.806. The summed E-state index contributed by atoms with van der Waals surface area (Å²) in [6.45, 7) is 9.56. The second-order valence-electron chi connectivity index (χ2n) is 5.07. The summed E-state index contributed by atoms with van der Waals surface area (Å²) in [6, 6.07) is 0.336. The van der Waals surface area contributed by atoms with E-state index in [1.54, 1.807) is 0 Å². The number of aromatic nitrogens is 3. The van der Waals surface area contributed by atoms with Crippen LogP contribution >= 0.6 is 0 Å². The summed E-state index contributed by atoms with van der Waals surface area (Å²) in [5.74, 6) is 1.88. The summed E-state index contributed by atoms with van der Waals surface area (Å²) in [6.07, 6.45) is 0. The number of nitrogens with two attached hydrogens (primary N) is 1. The third kappa shape index (κ3) is 1.55. The zero-order valence-electron chi connectivity index (χ0n) is 10.4. The Morgan fingerprint density at radius 3 is 2.69 bits per heavy atom. The highest BCUT2D eigenvalue weighted by Crippen LogP contribution is 2.32. The monoisotopic (exact) mass is 224 g/mol. The van der Waals surface area contributed by atoms with Gasteiger partial charge in [-0.25, -0.2) is 0 Å². The van der Waals surface area contributed by atoms with Crippen molar-refractivity contribution < 1.29 is 4.74 Å². The Bertz CT molecular complexity index is 387. The van der Waals surface area contributed by atoms with E-state index in [0.29, 0.717) is 19.3 Å². The smallest absolute Gasteiger partial charge is 0.143 e. The van der Waals surface area contributed by atoms with E-state index in [4.69, 9.17) is 10.5 Å². The number of nitrogens with zero attached hydrogens (tertiary/aromatic N) is 3. The van der Waals surface area contributed by atoms with Crippen molar-refractivity contribution in [2.75, 3.05) is 13.2 Å². The van der Waals surface area contributed by atoms with E-state index in [0.717, 1.165) is 11.6 Å². The maximum absolute atomic E-state index is 6.12. The van der Waals surface area contributed by atoms with E-state index in [-0.39, 0.29) is 11.5 Å². The maximum Gasteiger partial charge on any atom is 0.143 e. The molecule has 2 atom stereocenters. The van der Waals surface area contributed by atoms with Gasteiger partial charge in [0.25, 0.3) is 0 Å². The van der Waals surface area contributed by atoms with Crippen molar-refractivity contribution in [2.45, 2.75) is 45.2 Å². The Labute approximate surface area is 96.0 Å². The molecule has 0 aromatic carbocycles. The molecule has 90 valence electrons. The lowest BCUT2D eigenvalue weighted by Gasteiger charge is -2.27. The van der Waals surface area contributed by atoms with Crippen molar-refractivity contribution in [3.8, 4) is 0 Å². The van der Waals surface area contributed by atoms with Gasteiger partial charge in [0.05, 0.1) is 18.6 Å². The minimum atomic E-state index is -0.217. The van der Waals surface area contributed by atoms with E-state index in [2.05, 4.69) is 35.5 Å². The zero-order valence-corrected chi connectivity index (χ0v) is 10.4. The average molecular weight is 224 g/mol. The lowest BCUT2D eigenvalue weighted by molar-refractivity contribution is 0.177. The van der Waals surface area contributed by atoms with Gasteiger partial charge in [-0.3, -0.25) is 0 Å². The maximum atomic E-state index is 6.12. The highest BCUT2D eigenvalue weighted by molar-refractivity contribution is 5.16. The van der Waals surface area contributed by atoms with Crippen LogP contribution in [-0.2, 0) is 10.2 Å². The molecule has 1 aromatic heterocycles. The van der Waals surface area contributed by atoms with Crippen LogP contribution in [0.3, 0.4) is 0 Å². The molecule has 0 spiro atoms. The third-order valence-corrected chi connectivity index (χ3v) is 3.41. The number of ether oxygens (including phenoxy) is 1. The highest BCUT2D eigenvalue weighted by atomic mass is 16.5. The first-order valence-corrected chi connectivity index (χ1v) is 5.72. The molecule has 2 N–H and O–H groups in total. The van der Waals surface area contributed by atoms with Crippen LogP contribution in [0.25, 0.3) is 0 Å². The molecule has 0 saturated carbocycles. The van der Waals surface area contributed by atoms with Crippen LogP contribution in [0, 0.1) is 6.92 Å². The lowest BCUT2D eigenvalue weighted by atomic mass is 9.84. The van der Waals surface area contributed by atoms with Crippen molar-refractivity contribution >= 4 is 0 Å². The van der Waals surface area contributed by atoms with E-state index < -0.39 is 0 Å². The molecule has 1 aromatic rings. The number of rotatable bonds is 2. The van der Waals surface area contributed by atoms with Crippen molar-refractivity contribution in [2.24, 2.45) is 5.73 Å². The molecule has 0 amide bonds. The second kappa shape index (κ2) is 3.82. The normalized spacial score (nSPS) is 30.2. The van der Waals surface area contributed by atoms with Gasteiger partial charge in [-0.1, -0.05) is 0 Å². The Morgan fingerprint density at radius 1 is 1.50 bits per heavy atom. The summed E-state index contributed by atoms with van der Waals surface area (Å²) in [4.78, 5) is 0. The third-order valence-electron chi connectivity index (χ3n) is 3.41. The Kier molecular flexibility index (Phi) is 2.75. The number of hydrogen-bond acceptors (Lipinski definition) is 4. The molecule has 0 radical (unpaired) electrons. The van der Waals surface area contributed by atoms with Gasteiger partial charge < -0.3 is 15.0 Å². The van der Waals surface area contributed by atoms with Crippen molar-refractivity contribution in [1.82, 2.24) is 14.8 Å². The second-order valence-corrected chi connectivity index (χ2v) is 5.07. The van der Waals surface area contributed by atoms with E-state index in [1.807, 2.05) is 6.92 Å². The van der Waals surface area contributed by atoms with Gasteiger partial charge in [0, 0.05) is 12.1 Å². The van der Waals surface area contributed by atoms with Crippen LogP contribution in [-0.4, -0.2) is 34.0 Å². The molecule has 5 nitrogen and oxygen atoms in total. The van der Waals surface area contributed by atoms with Crippen LogP contribution in [0.4, 0.5) is 0 Å². The molecule has 5 heteroatoms. The Morgan fingerprint density at radius 2 is 2.19 bits per heavy atom. The van der Waals surface area contributed by atoms with Gasteiger partial charge in [0.1, 0.15) is 11.6 Å². The molecule has 16 heavy (non-hydrogen) atoms. The largest absolute Gasteiger partial charge is 0.379 e. The van der Waals surface area contributed by atoms with E-state index in [1.165, 1.54) is 0 Å². The minimum absolute atomic E-state index is 0.00593. The highest BCUT2D eigenvalue weighted by Gasteiger charge is 2.43. The minimum Gasteiger partial charge on any atom is -0.379 e. The molecule has 1 aliphatic heterocycles. The topological polar surface area (TPSA) is 66.0 Å². The molecule has 2 heterocycles. The van der Waals surface area contributed by atoms with Gasteiger partial charge >= 0.3 is 0 Å².